The van der Waals surface area contributed by atoms with E-state index in [0.717, 1.165) is 12.8 Å². The maximum absolute atomic E-state index is 12.9. The zero-order valence-electron chi connectivity index (χ0n) is 13.4. The van der Waals surface area contributed by atoms with Crippen molar-refractivity contribution in [3.05, 3.63) is 23.8 Å². The van der Waals surface area contributed by atoms with Crippen LogP contribution in [0.4, 0.5) is 8.78 Å². The molecule has 2 saturated carbocycles. The van der Waals surface area contributed by atoms with Crippen LogP contribution in [0.1, 0.15) is 44.1 Å². The fourth-order valence-corrected chi connectivity index (χ4v) is 3.25. The Labute approximate surface area is 140 Å². The van der Waals surface area contributed by atoms with Crippen LogP contribution in [-0.4, -0.2) is 24.4 Å². The molecule has 0 amide bonds. The van der Waals surface area contributed by atoms with Gasteiger partial charge in [-0.3, -0.25) is 0 Å². The second kappa shape index (κ2) is 6.94. The van der Waals surface area contributed by atoms with Crippen molar-refractivity contribution in [1.82, 2.24) is 0 Å². The molecule has 0 aliphatic heterocycles. The summed E-state index contributed by atoms with van der Waals surface area (Å²) in [6.07, 6.45) is 3.49. The first kappa shape index (κ1) is 17.0. The average molecular weight is 337 g/mol. The number of ether oxygens (including phenoxy) is 2. The minimum absolute atomic E-state index is 0.0360. The fraction of sp³-hybridized carbons (Fsp3) is 0.611. The first-order valence-electron chi connectivity index (χ1n) is 8.34. The van der Waals surface area contributed by atoms with Crippen molar-refractivity contribution in [1.29, 1.82) is 5.26 Å². The van der Waals surface area contributed by atoms with E-state index in [2.05, 4.69) is 6.07 Å². The molecular formula is C18H21F2NO3. The number of benzene rings is 1. The third-order valence-electron chi connectivity index (χ3n) is 4.90. The first-order valence-corrected chi connectivity index (χ1v) is 8.34. The number of hydrogen-bond donors (Lipinski definition) is 1. The molecule has 0 spiro atoms. The number of nitrogens with zero attached hydrogens (tertiary/aromatic N) is 1. The lowest BCUT2D eigenvalue weighted by Crippen LogP contribution is -2.33. The molecule has 24 heavy (non-hydrogen) atoms. The molecular weight excluding hydrogens is 316 g/mol. The van der Waals surface area contributed by atoms with E-state index in [1.54, 1.807) is 18.2 Å². The maximum atomic E-state index is 12.9. The molecule has 2 fully saturated rings. The van der Waals surface area contributed by atoms with E-state index < -0.39 is 18.1 Å². The number of rotatable bonds is 6. The lowest BCUT2D eigenvalue weighted by Gasteiger charge is -2.34. The van der Waals surface area contributed by atoms with Gasteiger partial charge in [0.15, 0.2) is 11.5 Å². The third kappa shape index (κ3) is 3.62. The van der Waals surface area contributed by atoms with Crippen molar-refractivity contribution in [3.63, 3.8) is 0 Å². The van der Waals surface area contributed by atoms with E-state index in [-0.39, 0.29) is 11.5 Å². The fourth-order valence-electron chi connectivity index (χ4n) is 3.25. The van der Waals surface area contributed by atoms with Crippen molar-refractivity contribution in [2.75, 3.05) is 6.61 Å². The van der Waals surface area contributed by atoms with Gasteiger partial charge < -0.3 is 14.6 Å². The molecule has 1 aromatic carbocycles. The largest absolute Gasteiger partial charge is 0.489 e. The number of nitriles is 1. The van der Waals surface area contributed by atoms with Gasteiger partial charge in [0.05, 0.1) is 24.2 Å². The van der Waals surface area contributed by atoms with E-state index in [1.807, 2.05) is 0 Å². The van der Waals surface area contributed by atoms with Crippen LogP contribution in [0, 0.1) is 17.2 Å². The van der Waals surface area contributed by atoms with Crippen LogP contribution in [0.3, 0.4) is 0 Å². The minimum atomic E-state index is -2.99. The highest BCUT2D eigenvalue weighted by Crippen LogP contribution is 2.47. The molecule has 1 N–H and O–H groups in total. The summed E-state index contributed by atoms with van der Waals surface area (Å²) in [5.41, 5.74) is -0.493. The quantitative estimate of drug-likeness (QED) is 0.858. The van der Waals surface area contributed by atoms with Crippen LogP contribution in [0.15, 0.2) is 18.2 Å². The normalized spacial score (nSPS) is 26.9. The average Bonchev–Trinajstić information content (AvgIpc) is 3.39. The number of halogens is 2. The molecule has 0 aromatic heterocycles. The minimum Gasteiger partial charge on any atom is -0.489 e. The van der Waals surface area contributed by atoms with Crippen LogP contribution in [0.25, 0.3) is 0 Å². The Balaban J connectivity index is 1.95. The van der Waals surface area contributed by atoms with Gasteiger partial charge in [0.2, 0.25) is 0 Å². The van der Waals surface area contributed by atoms with Crippen LogP contribution in [0.2, 0.25) is 0 Å². The Bertz CT molecular complexity index is 617. The van der Waals surface area contributed by atoms with Gasteiger partial charge in [-0.1, -0.05) is 12.1 Å². The van der Waals surface area contributed by atoms with Gasteiger partial charge in [-0.15, -0.1) is 0 Å². The molecule has 6 heteroatoms. The molecule has 0 atom stereocenters. The van der Waals surface area contributed by atoms with Gasteiger partial charge in [-0.05, 0) is 50.5 Å². The summed E-state index contributed by atoms with van der Waals surface area (Å²) >= 11 is 0. The van der Waals surface area contributed by atoms with Crippen LogP contribution < -0.4 is 9.47 Å². The van der Waals surface area contributed by atoms with E-state index >= 15 is 0 Å². The van der Waals surface area contributed by atoms with Crippen molar-refractivity contribution >= 4 is 0 Å². The van der Waals surface area contributed by atoms with Gasteiger partial charge in [-0.2, -0.15) is 14.0 Å². The molecule has 2 aliphatic rings. The highest BCUT2D eigenvalue weighted by atomic mass is 19.3. The zero-order chi connectivity index (χ0) is 17.2. The molecule has 0 saturated heterocycles. The Morgan fingerprint density at radius 3 is 2.54 bits per heavy atom. The van der Waals surface area contributed by atoms with E-state index in [4.69, 9.17) is 9.47 Å². The summed E-state index contributed by atoms with van der Waals surface area (Å²) in [6, 6.07) is 7.25. The molecule has 0 unspecified atom stereocenters. The zero-order valence-corrected chi connectivity index (χ0v) is 13.4. The molecule has 0 bridgehead atoms. The van der Waals surface area contributed by atoms with Gasteiger partial charge in [-0.25, -0.2) is 0 Å². The van der Waals surface area contributed by atoms with Gasteiger partial charge in [0, 0.05) is 5.56 Å². The summed E-state index contributed by atoms with van der Waals surface area (Å²) < 4.78 is 36.3. The lowest BCUT2D eigenvalue weighted by molar-refractivity contribution is -0.0529. The highest BCUT2D eigenvalue weighted by molar-refractivity contribution is 5.53. The van der Waals surface area contributed by atoms with E-state index in [0.29, 0.717) is 43.8 Å². The van der Waals surface area contributed by atoms with E-state index in [1.165, 1.54) is 0 Å². The second-order valence-electron chi connectivity index (χ2n) is 6.69. The summed E-state index contributed by atoms with van der Waals surface area (Å²) in [6.45, 7) is -2.51. The summed E-state index contributed by atoms with van der Waals surface area (Å²) in [5, 5.41) is 19.5. The number of aliphatic hydroxyl groups is 1. The summed E-state index contributed by atoms with van der Waals surface area (Å²) in [5.74, 6) is 0.703. The number of para-hydroxylation sites is 1. The smallest absolute Gasteiger partial charge is 0.387 e. The number of hydrogen-bond acceptors (Lipinski definition) is 4. The van der Waals surface area contributed by atoms with Crippen molar-refractivity contribution in [2.45, 2.75) is 56.7 Å². The first-order chi connectivity index (χ1) is 11.5. The number of aliphatic hydroxyl groups excluding tert-OH is 1. The topological polar surface area (TPSA) is 62.5 Å². The monoisotopic (exact) mass is 337 g/mol. The molecule has 3 rings (SSSR count). The molecule has 2 aliphatic carbocycles. The predicted molar refractivity (Wildman–Crippen MR) is 83.1 cm³/mol. The second-order valence-corrected chi connectivity index (χ2v) is 6.69. The Kier molecular flexibility index (Phi) is 4.91. The van der Waals surface area contributed by atoms with Gasteiger partial charge in [0.25, 0.3) is 0 Å². The van der Waals surface area contributed by atoms with Crippen molar-refractivity contribution < 1.29 is 23.4 Å². The SMILES string of the molecule is N#CC1(c2cccc(OCC3CC3)c2OC(F)F)CCC(O)CC1. The van der Waals surface area contributed by atoms with Crippen LogP contribution in [0.5, 0.6) is 11.5 Å². The Morgan fingerprint density at radius 2 is 1.96 bits per heavy atom. The highest BCUT2D eigenvalue weighted by Gasteiger charge is 2.40. The molecule has 4 nitrogen and oxygen atoms in total. The number of alkyl halides is 2. The molecule has 1 aromatic rings. The summed E-state index contributed by atoms with van der Waals surface area (Å²) in [4.78, 5) is 0. The maximum Gasteiger partial charge on any atom is 0.387 e. The van der Waals surface area contributed by atoms with Gasteiger partial charge >= 0.3 is 6.61 Å². The standard InChI is InChI=1S/C18H21F2NO3/c19-17(20)24-16-14(18(11-21)8-6-13(22)7-9-18)2-1-3-15(16)23-10-12-4-5-12/h1-3,12-13,17,22H,4-10H2. The Morgan fingerprint density at radius 1 is 1.25 bits per heavy atom. The van der Waals surface area contributed by atoms with Crippen molar-refractivity contribution in [2.24, 2.45) is 5.92 Å². The van der Waals surface area contributed by atoms with Crippen molar-refractivity contribution in [3.8, 4) is 17.6 Å². The molecule has 0 heterocycles. The van der Waals surface area contributed by atoms with Crippen LogP contribution in [-0.2, 0) is 5.41 Å². The summed E-state index contributed by atoms with van der Waals surface area (Å²) in [7, 11) is 0. The molecule has 0 radical (unpaired) electrons. The Hall–Kier alpha value is -1.87. The molecule has 130 valence electrons. The predicted octanol–water partition coefficient (Wildman–Crippen LogP) is 3.77. The van der Waals surface area contributed by atoms with Crippen LogP contribution >= 0.6 is 0 Å². The lowest BCUT2D eigenvalue weighted by atomic mass is 9.69. The third-order valence-corrected chi connectivity index (χ3v) is 4.90. The van der Waals surface area contributed by atoms with E-state index in [9.17, 15) is 19.1 Å². The van der Waals surface area contributed by atoms with Gasteiger partial charge in [0.1, 0.15) is 0 Å².